The maximum absolute atomic E-state index is 12.3. The van der Waals surface area contributed by atoms with E-state index in [-0.39, 0.29) is 5.91 Å². The van der Waals surface area contributed by atoms with E-state index in [1.807, 2.05) is 0 Å². The van der Waals surface area contributed by atoms with Crippen LogP contribution in [0, 0.1) is 0 Å². The van der Waals surface area contributed by atoms with Gasteiger partial charge in [-0.1, -0.05) is 49.7 Å². The molecule has 0 aromatic heterocycles. The molecule has 0 saturated carbocycles. The fourth-order valence-electron chi connectivity index (χ4n) is 2.53. The Kier molecular flexibility index (Phi) is 6.68. The van der Waals surface area contributed by atoms with Gasteiger partial charge in [0.05, 0.1) is 0 Å². The molecule has 0 heterocycles. The Morgan fingerprint density at radius 2 is 1.92 bits per heavy atom. The van der Waals surface area contributed by atoms with E-state index in [0.29, 0.717) is 17.3 Å². The van der Waals surface area contributed by atoms with Gasteiger partial charge in [-0.2, -0.15) is 0 Å². The summed E-state index contributed by atoms with van der Waals surface area (Å²) in [6.07, 6.45) is 1.35. The molecule has 1 N–H and O–H groups in total. The van der Waals surface area contributed by atoms with Crippen molar-refractivity contribution in [2.45, 2.75) is 46.3 Å². The SMILES string of the molecule is CCc1ccc(CC)c(CNC(=O)[C@H](C)Oc2cccc(Cl)c2)c1. The van der Waals surface area contributed by atoms with E-state index in [2.05, 4.69) is 37.4 Å². The summed E-state index contributed by atoms with van der Waals surface area (Å²) in [5.41, 5.74) is 3.70. The molecule has 0 fully saturated rings. The molecule has 1 atom stereocenters. The second kappa shape index (κ2) is 8.74. The predicted molar refractivity (Wildman–Crippen MR) is 98.6 cm³/mol. The van der Waals surface area contributed by atoms with Crippen LogP contribution >= 0.6 is 11.6 Å². The maximum Gasteiger partial charge on any atom is 0.261 e. The van der Waals surface area contributed by atoms with Crippen molar-refractivity contribution in [2.75, 3.05) is 0 Å². The molecule has 128 valence electrons. The van der Waals surface area contributed by atoms with E-state index in [9.17, 15) is 4.79 Å². The molecule has 2 aromatic carbocycles. The molecule has 0 aliphatic heterocycles. The molecule has 0 spiro atoms. The molecule has 2 aromatic rings. The number of nitrogens with one attached hydrogen (secondary N) is 1. The molecule has 4 heteroatoms. The zero-order chi connectivity index (χ0) is 17.5. The first-order chi connectivity index (χ1) is 11.5. The monoisotopic (exact) mass is 345 g/mol. The highest BCUT2D eigenvalue weighted by Crippen LogP contribution is 2.18. The highest BCUT2D eigenvalue weighted by Gasteiger charge is 2.15. The quantitative estimate of drug-likeness (QED) is 0.799. The van der Waals surface area contributed by atoms with E-state index in [1.165, 1.54) is 16.7 Å². The van der Waals surface area contributed by atoms with Crippen molar-refractivity contribution in [3.8, 4) is 5.75 Å². The molecule has 24 heavy (non-hydrogen) atoms. The second-order valence-corrected chi connectivity index (χ2v) is 6.18. The van der Waals surface area contributed by atoms with Crippen molar-refractivity contribution in [2.24, 2.45) is 0 Å². The van der Waals surface area contributed by atoms with E-state index >= 15 is 0 Å². The Hall–Kier alpha value is -2.00. The Balaban J connectivity index is 1.97. The lowest BCUT2D eigenvalue weighted by Gasteiger charge is -2.16. The minimum absolute atomic E-state index is 0.140. The van der Waals surface area contributed by atoms with Gasteiger partial charge in [-0.3, -0.25) is 4.79 Å². The van der Waals surface area contributed by atoms with Crippen LogP contribution in [0.15, 0.2) is 42.5 Å². The molecule has 0 bridgehead atoms. The number of carbonyl (C=O) groups excluding carboxylic acids is 1. The van der Waals surface area contributed by atoms with Gasteiger partial charge in [0.2, 0.25) is 0 Å². The van der Waals surface area contributed by atoms with Crippen LogP contribution in [0.2, 0.25) is 5.02 Å². The fourth-order valence-corrected chi connectivity index (χ4v) is 2.71. The highest BCUT2D eigenvalue weighted by atomic mass is 35.5. The number of hydrogen-bond donors (Lipinski definition) is 1. The third kappa shape index (κ3) is 5.00. The Bertz CT molecular complexity index is 700. The highest BCUT2D eigenvalue weighted by molar-refractivity contribution is 6.30. The molecular weight excluding hydrogens is 322 g/mol. The lowest BCUT2D eigenvalue weighted by atomic mass is 10.0. The number of rotatable bonds is 7. The molecular formula is C20H24ClNO2. The van der Waals surface area contributed by atoms with Crippen LogP contribution in [0.5, 0.6) is 5.75 Å². The molecule has 0 radical (unpaired) electrons. The zero-order valence-electron chi connectivity index (χ0n) is 14.4. The van der Waals surface area contributed by atoms with Gasteiger partial charge in [0, 0.05) is 11.6 Å². The molecule has 0 aliphatic rings. The Morgan fingerprint density at radius 1 is 1.12 bits per heavy atom. The van der Waals surface area contributed by atoms with Gasteiger partial charge in [0.15, 0.2) is 6.10 Å². The van der Waals surface area contributed by atoms with Gasteiger partial charge in [-0.15, -0.1) is 0 Å². The van der Waals surface area contributed by atoms with Gasteiger partial charge in [-0.25, -0.2) is 0 Å². The standard InChI is InChI=1S/C20H24ClNO2/c1-4-15-9-10-16(5-2)17(11-15)13-22-20(23)14(3)24-19-8-6-7-18(21)12-19/h6-12,14H,4-5,13H2,1-3H3,(H,22,23)/t14-/m0/s1. The predicted octanol–water partition coefficient (Wildman–Crippen LogP) is 4.55. The first kappa shape index (κ1) is 18.3. The van der Waals surface area contributed by atoms with E-state index in [1.54, 1.807) is 31.2 Å². The van der Waals surface area contributed by atoms with Crippen LogP contribution in [-0.2, 0) is 24.2 Å². The molecule has 1 amide bonds. The second-order valence-electron chi connectivity index (χ2n) is 5.75. The molecule has 3 nitrogen and oxygen atoms in total. The first-order valence-electron chi connectivity index (χ1n) is 8.34. The summed E-state index contributed by atoms with van der Waals surface area (Å²) in [6, 6.07) is 13.5. The average Bonchev–Trinajstić information content (AvgIpc) is 2.59. The van der Waals surface area contributed by atoms with Crippen molar-refractivity contribution in [1.29, 1.82) is 0 Å². The molecule has 0 unspecified atom stereocenters. The minimum Gasteiger partial charge on any atom is -0.481 e. The number of carbonyl (C=O) groups is 1. The largest absolute Gasteiger partial charge is 0.481 e. The van der Waals surface area contributed by atoms with Crippen LogP contribution in [-0.4, -0.2) is 12.0 Å². The van der Waals surface area contributed by atoms with Crippen molar-refractivity contribution in [3.05, 3.63) is 64.2 Å². The summed E-state index contributed by atoms with van der Waals surface area (Å²) in [4.78, 5) is 12.3. The third-order valence-corrected chi connectivity index (χ3v) is 4.23. The summed E-state index contributed by atoms with van der Waals surface area (Å²) in [7, 11) is 0. The van der Waals surface area contributed by atoms with Crippen molar-refractivity contribution < 1.29 is 9.53 Å². The number of ether oxygens (including phenoxy) is 1. The van der Waals surface area contributed by atoms with Crippen molar-refractivity contribution in [1.82, 2.24) is 5.32 Å². The van der Waals surface area contributed by atoms with E-state index in [4.69, 9.17) is 16.3 Å². The Labute approximate surface area is 149 Å². The summed E-state index contributed by atoms with van der Waals surface area (Å²) < 4.78 is 5.65. The summed E-state index contributed by atoms with van der Waals surface area (Å²) in [6.45, 7) is 6.50. The number of hydrogen-bond acceptors (Lipinski definition) is 2. The zero-order valence-corrected chi connectivity index (χ0v) is 15.2. The van der Waals surface area contributed by atoms with Gasteiger partial charge < -0.3 is 10.1 Å². The lowest BCUT2D eigenvalue weighted by Crippen LogP contribution is -2.36. The van der Waals surface area contributed by atoms with Crippen LogP contribution in [0.25, 0.3) is 0 Å². The van der Waals surface area contributed by atoms with Gasteiger partial charge in [-0.05, 0) is 54.7 Å². The summed E-state index contributed by atoms with van der Waals surface area (Å²) in [5.74, 6) is 0.450. The number of amides is 1. The van der Waals surface area contributed by atoms with Gasteiger partial charge in [0.25, 0.3) is 5.91 Å². The first-order valence-corrected chi connectivity index (χ1v) is 8.71. The Morgan fingerprint density at radius 3 is 2.58 bits per heavy atom. The van der Waals surface area contributed by atoms with Crippen LogP contribution in [0.4, 0.5) is 0 Å². The lowest BCUT2D eigenvalue weighted by molar-refractivity contribution is -0.127. The fraction of sp³-hybridized carbons (Fsp3) is 0.350. The number of benzene rings is 2. The van der Waals surface area contributed by atoms with Crippen molar-refractivity contribution >= 4 is 17.5 Å². The normalized spacial score (nSPS) is 11.8. The molecule has 2 rings (SSSR count). The van der Waals surface area contributed by atoms with Crippen molar-refractivity contribution in [3.63, 3.8) is 0 Å². The van der Waals surface area contributed by atoms with E-state index in [0.717, 1.165) is 12.8 Å². The smallest absolute Gasteiger partial charge is 0.261 e. The minimum atomic E-state index is -0.581. The molecule has 0 saturated heterocycles. The molecule has 0 aliphatic carbocycles. The number of aryl methyl sites for hydroxylation is 2. The van der Waals surface area contributed by atoms with Gasteiger partial charge in [0.1, 0.15) is 5.75 Å². The summed E-state index contributed by atoms with van der Waals surface area (Å²) >= 11 is 5.93. The maximum atomic E-state index is 12.3. The van der Waals surface area contributed by atoms with Gasteiger partial charge >= 0.3 is 0 Å². The number of halogens is 1. The topological polar surface area (TPSA) is 38.3 Å². The third-order valence-electron chi connectivity index (χ3n) is 3.99. The van der Waals surface area contributed by atoms with Crippen LogP contribution < -0.4 is 10.1 Å². The average molecular weight is 346 g/mol. The van der Waals surface area contributed by atoms with E-state index < -0.39 is 6.10 Å². The summed E-state index contributed by atoms with van der Waals surface area (Å²) in [5, 5.41) is 3.55. The van der Waals surface area contributed by atoms with Crippen LogP contribution in [0.3, 0.4) is 0 Å². The van der Waals surface area contributed by atoms with Crippen LogP contribution in [0.1, 0.15) is 37.5 Å².